The molecule has 3 rings (SSSR count). The number of aliphatic carboxylic acids is 1. The van der Waals surface area contributed by atoms with Crippen LogP contribution in [0.4, 0.5) is 19.0 Å². The van der Waals surface area contributed by atoms with Gasteiger partial charge >= 0.3 is 18.2 Å². The minimum Gasteiger partial charge on any atom is -0.475 e. The Morgan fingerprint density at radius 1 is 1.40 bits per heavy atom. The predicted octanol–water partition coefficient (Wildman–Crippen LogP) is 4.07. The Kier molecular flexibility index (Phi) is 8.24. The number of nitrogen functional groups attached to an aromatic ring is 1. The van der Waals surface area contributed by atoms with Crippen LogP contribution < -0.4 is 10.5 Å². The van der Waals surface area contributed by atoms with E-state index < -0.39 is 12.1 Å². The number of imidazole rings is 1. The minimum atomic E-state index is -5.08. The van der Waals surface area contributed by atoms with Crippen molar-refractivity contribution in [2.45, 2.75) is 64.5 Å². The molecule has 1 aliphatic heterocycles. The fourth-order valence-corrected chi connectivity index (χ4v) is 3.40. The van der Waals surface area contributed by atoms with E-state index in [0.29, 0.717) is 27.7 Å². The fraction of sp³-hybridized carbons (Fsp3) is 0.647. The number of hydrogen-bond acceptors (Lipinski definition) is 7. The number of ether oxygens (including phenoxy) is 2. The average molecular weight is 498 g/mol. The number of hydrogen-bond donors (Lipinski definition) is 2. The Labute approximate surface area is 178 Å². The molecule has 0 saturated carbocycles. The van der Waals surface area contributed by atoms with Gasteiger partial charge in [0.1, 0.15) is 6.23 Å². The lowest BCUT2D eigenvalue weighted by atomic mass is 10.2. The summed E-state index contributed by atoms with van der Waals surface area (Å²) in [5, 5.41) is 7.12. The number of fused-ring (bicyclic) bond motifs is 1. The minimum absolute atomic E-state index is 0.0441. The molecule has 2 aromatic rings. The average Bonchev–Trinajstić information content (AvgIpc) is 2.99. The van der Waals surface area contributed by atoms with Crippen LogP contribution in [0.3, 0.4) is 0 Å². The van der Waals surface area contributed by atoms with Crippen LogP contribution in [0.1, 0.15) is 52.2 Å². The maximum Gasteiger partial charge on any atom is 0.490 e. The Hall–Kier alpha value is -2.15. The van der Waals surface area contributed by atoms with Gasteiger partial charge in [0.2, 0.25) is 0 Å². The maximum absolute atomic E-state index is 10.6. The molecule has 0 aliphatic carbocycles. The smallest absolute Gasteiger partial charge is 0.475 e. The third-order valence-corrected chi connectivity index (χ3v) is 4.75. The van der Waals surface area contributed by atoms with Gasteiger partial charge in [0.25, 0.3) is 0 Å². The highest BCUT2D eigenvalue weighted by Gasteiger charge is 2.38. The Bertz CT molecular complexity index is 871. The second-order valence-electron chi connectivity index (χ2n) is 6.66. The summed E-state index contributed by atoms with van der Waals surface area (Å²) in [5.74, 6) is -2.43. The van der Waals surface area contributed by atoms with E-state index in [1.807, 2.05) is 11.5 Å². The zero-order valence-electron chi connectivity index (χ0n) is 16.4. The van der Waals surface area contributed by atoms with Gasteiger partial charge in [0.05, 0.1) is 6.10 Å². The van der Waals surface area contributed by atoms with Crippen LogP contribution in [-0.4, -0.2) is 49.5 Å². The van der Waals surface area contributed by atoms with Gasteiger partial charge < -0.3 is 20.3 Å². The number of anilines is 1. The molecule has 0 spiro atoms. The van der Waals surface area contributed by atoms with Crippen LogP contribution in [0.25, 0.3) is 11.2 Å². The fourth-order valence-electron chi connectivity index (χ4n) is 2.83. The predicted molar refractivity (Wildman–Crippen MR) is 105 cm³/mol. The van der Waals surface area contributed by atoms with Gasteiger partial charge in [-0.1, -0.05) is 13.3 Å². The van der Waals surface area contributed by atoms with Crippen molar-refractivity contribution in [1.82, 2.24) is 19.5 Å². The van der Waals surface area contributed by atoms with E-state index in [1.54, 1.807) is 0 Å². The lowest BCUT2D eigenvalue weighted by Gasteiger charge is -2.24. The molecule has 1 unspecified atom stereocenters. The topological polar surface area (TPSA) is 125 Å². The first-order chi connectivity index (χ1) is 14.0. The number of nitrogens with zero attached hydrogens (tertiary/aromatic N) is 4. The summed E-state index contributed by atoms with van der Waals surface area (Å²) in [6.07, 6.45) is -0.0133. The van der Waals surface area contributed by atoms with Gasteiger partial charge in [-0.05, 0) is 48.5 Å². The quantitative estimate of drug-likeness (QED) is 0.592. The van der Waals surface area contributed by atoms with Crippen molar-refractivity contribution in [2.24, 2.45) is 0 Å². The standard InChI is InChI=1S/C15H22BrN5O2.C2HF3O2/c1-3-6-9(2)23-15-19-12(17)11-13(20-15)21(14(16)18-11)10-7-4-5-8-22-10;3-2(4,5)1(6)7/h9-10H,3-8H2,1-2H3,(H2,17,19,20);(H,6,7)/t9-,10?;/m0./s1. The van der Waals surface area contributed by atoms with Crippen molar-refractivity contribution in [1.29, 1.82) is 0 Å². The van der Waals surface area contributed by atoms with Gasteiger partial charge in [-0.25, -0.2) is 9.78 Å². The molecule has 1 fully saturated rings. The number of aromatic nitrogens is 4. The lowest BCUT2D eigenvalue weighted by Crippen LogP contribution is -2.21. The number of nitrogens with two attached hydrogens (primary N) is 1. The van der Waals surface area contributed by atoms with E-state index in [0.717, 1.165) is 38.7 Å². The molecular weight excluding hydrogens is 475 g/mol. The largest absolute Gasteiger partial charge is 0.490 e. The third-order valence-electron chi connectivity index (χ3n) is 4.19. The zero-order chi connectivity index (χ0) is 22.5. The summed E-state index contributed by atoms with van der Waals surface area (Å²) in [6, 6.07) is 0.292. The second kappa shape index (κ2) is 10.2. The highest BCUT2D eigenvalue weighted by molar-refractivity contribution is 9.10. The van der Waals surface area contributed by atoms with E-state index in [1.165, 1.54) is 0 Å². The molecule has 0 amide bonds. The lowest BCUT2D eigenvalue weighted by molar-refractivity contribution is -0.192. The molecule has 30 heavy (non-hydrogen) atoms. The van der Waals surface area contributed by atoms with Crippen LogP contribution >= 0.6 is 15.9 Å². The van der Waals surface area contributed by atoms with Crippen molar-refractivity contribution < 1.29 is 32.5 Å². The SMILES string of the molecule is CCC[C@H](C)Oc1nc(N)c2nc(Br)n(C3CCCCO3)c2n1.O=C(O)C(F)(F)F. The Balaban J connectivity index is 0.000000396. The number of rotatable bonds is 5. The van der Waals surface area contributed by atoms with E-state index in [9.17, 15) is 13.2 Å². The van der Waals surface area contributed by atoms with Gasteiger partial charge in [0, 0.05) is 6.61 Å². The monoisotopic (exact) mass is 497 g/mol. The Morgan fingerprint density at radius 2 is 2.07 bits per heavy atom. The van der Waals surface area contributed by atoms with Crippen molar-refractivity contribution in [3.05, 3.63) is 4.73 Å². The molecule has 13 heteroatoms. The van der Waals surface area contributed by atoms with Gasteiger partial charge in [-0.2, -0.15) is 23.1 Å². The van der Waals surface area contributed by atoms with Gasteiger partial charge in [-0.15, -0.1) is 0 Å². The number of carboxylic acids is 1. The zero-order valence-corrected chi connectivity index (χ0v) is 18.0. The van der Waals surface area contributed by atoms with E-state index in [4.69, 9.17) is 25.1 Å². The molecule has 0 aromatic carbocycles. The van der Waals surface area contributed by atoms with E-state index >= 15 is 0 Å². The molecule has 9 nitrogen and oxygen atoms in total. The van der Waals surface area contributed by atoms with Gasteiger partial charge in [-0.3, -0.25) is 4.57 Å². The van der Waals surface area contributed by atoms with Gasteiger partial charge in [0.15, 0.2) is 21.7 Å². The highest BCUT2D eigenvalue weighted by Crippen LogP contribution is 2.32. The molecule has 0 radical (unpaired) electrons. The molecule has 1 aliphatic rings. The maximum atomic E-state index is 10.6. The van der Waals surface area contributed by atoms with Crippen molar-refractivity contribution in [2.75, 3.05) is 12.3 Å². The van der Waals surface area contributed by atoms with Crippen LogP contribution in [0.2, 0.25) is 0 Å². The first kappa shape index (κ1) is 24.1. The summed E-state index contributed by atoms with van der Waals surface area (Å²) < 4.78 is 46.0. The molecule has 0 bridgehead atoms. The van der Waals surface area contributed by atoms with Crippen molar-refractivity contribution in [3.63, 3.8) is 0 Å². The molecule has 3 N–H and O–H groups in total. The summed E-state index contributed by atoms with van der Waals surface area (Å²) in [6.45, 7) is 4.86. The summed E-state index contributed by atoms with van der Waals surface area (Å²) in [4.78, 5) is 22.1. The first-order valence-electron chi connectivity index (χ1n) is 9.33. The molecule has 3 heterocycles. The normalized spacial score (nSPS) is 17.9. The Morgan fingerprint density at radius 3 is 2.60 bits per heavy atom. The molecule has 1 saturated heterocycles. The summed E-state index contributed by atoms with van der Waals surface area (Å²) in [7, 11) is 0. The molecule has 2 aromatic heterocycles. The summed E-state index contributed by atoms with van der Waals surface area (Å²) in [5.41, 5.74) is 7.27. The van der Waals surface area contributed by atoms with Crippen LogP contribution in [0.15, 0.2) is 4.73 Å². The number of carboxylic acid groups (broad SMARTS) is 1. The van der Waals surface area contributed by atoms with Crippen molar-refractivity contribution in [3.8, 4) is 6.01 Å². The van der Waals surface area contributed by atoms with Crippen LogP contribution in [0, 0.1) is 0 Å². The van der Waals surface area contributed by atoms with E-state index in [2.05, 4.69) is 37.8 Å². The van der Waals surface area contributed by atoms with Crippen molar-refractivity contribution >= 4 is 38.9 Å². The number of carbonyl (C=O) groups is 1. The highest BCUT2D eigenvalue weighted by atomic mass is 79.9. The van der Waals surface area contributed by atoms with E-state index in [-0.39, 0.29) is 12.3 Å². The molecule has 2 atom stereocenters. The molecular formula is C17H23BrF3N5O4. The third kappa shape index (κ3) is 6.17. The van der Waals surface area contributed by atoms with Crippen LogP contribution in [0.5, 0.6) is 6.01 Å². The first-order valence-corrected chi connectivity index (χ1v) is 10.1. The molecule has 168 valence electrons. The van der Waals surface area contributed by atoms with Crippen LogP contribution in [-0.2, 0) is 9.53 Å². The summed E-state index contributed by atoms with van der Waals surface area (Å²) >= 11 is 3.49. The second-order valence-corrected chi connectivity index (χ2v) is 7.37. The number of halogens is 4. The number of alkyl halides is 3.